The molecule has 2 aromatic rings. The first-order valence-electron chi connectivity index (χ1n) is 5.72. The zero-order valence-corrected chi connectivity index (χ0v) is 12.1. The molecule has 0 aliphatic heterocycles. The van der Waals surface area contributed by atoms with Crippen LogP contribution >= 0.6 is 22.9 Å². The number of hydrazone groups is 1. The highest BCUT2D eigenvalue weighted by Crippen LogP contribution is 2.28. The van der Waals surface area contributed by atoms with Crippen molar-refractivity contribution in [2.75, 3.05) is 17.8 Å². The Morgan fingerprint density at radius 1 is 1.60 bits per heavy atom. The van der Waals surface area contributed by atoms with E-state index in [-0.39, 0.29) is 10.8 Å². The third-order valence-electron chi connectivity index (χ3n) is 2.21. The van der Waals surface area contributed by atoms with E-state index in [0.29, 0.717) is 23.1 Å². The SMILES string of the molecule is CCOc1c(F)cc(C=NNc2nc(N)cs2)cc1Cl. The normalized spacial score (nSPS) is 10.9. The van der Waals surface area contributed by atoms with Crippen LogP contribution in [0.15, 0.2) is 22.6 Å². The van der Waals surface area contributed by atoms with Gasteiger partial charge >= 0.3 is 0 Å². The number of nitrogens with zero attached hydrogens (tertiary/aromatic N) is 2. The molecule has 3 N–H and O–H groups in total. The van der Waals surface area contributed by atoms with Crippen LogP contribution in [0.4, 0.5) is 15.3 Å². The van der Waals surface area contributed by atoms with E-state index in [1.54, 1.807) is 18.4 Å². The second-order valence-corrected chi connectivity index (χ2v) is 4.96. The summed E-state index contributed by atoms with van der Waals surface area (Å²) in [4.78, 5) is 3.97. The molecule has 0 spiro atoms. The van der Waals surface area contributed by atoms with Crippen LogP contribution < -0.4 is 15.9 Å². The molecule has 0 atom stereocenters. The van der Waals surface area contributed by atoms with Crippen LogP contribution in [0.2, 0.25) is 5.02 Å². The fourth-order valence-corrected chi connectivity index (χ4v) is 2.26. The molecule has 5 nitrogen and oxygen atoms in total. The smallest absolute Gasteiger partial charge is 0.205 e. The molecule has 106 valence electrons. The molecule has 20 heavy (non-hydrogen) atoms. The number of hydrogen-bond acceptors (Lipinski definition) is 6. The molecule has 0 fully saturated rings. The number of nitrogens with one attached hydrogen (secondary N) is 1. The van der Waals surface area contributed by atoms with Crippen molar-refractivity contribution in [3.8, 4) is 5.75 Å². The Morgan fingerprint density at radius 3 is 3.00 bits per heavy atom. The fraction of sp³-hybridized carbons (Fsp3) is 0.167. The Hall–Kier alpha value is -1.86. The molecule has 0 radical (unpaired) electrons. The molecular weight excluding hydrogens is 303 g/mol. The molecule has 0 aliphatic carbocycles. The van der Waals surface area contributed by atoms with Crippen LogP contribution in [-0.2, 0) is 0 Å². The largest absolute Gasteiger partial charge is 0.489 e. The topological polar surface area (TPSA) is 72.5 Å². The van der Waals surface area contributed by atoms with E-state index in [1.807, 2.05) is 0 Å². The van der Waals surface area contributed by atoms with Gasteiger partial charge in [-0.15, -0.1) is 11.3 Å². The van der Waals surface area contributed by atoms with Gasteiger partial charge in [0, 0.05) is 5.38 Å². The monoisotopic (exact) mass is 314 g/mol. The van der Waals surface area contributed by atoms with Crippen molar-refractivity contribution in [1.29, 1.82) is 0 Å². The number of halogens is 2. The summed E-state index contributed by atoms with van der Waals surface area (Å²) in [6, 6.07) is 2.86. The summed E-state index contributed by atoms with van der Waals surface area (Å²) in [5, 5.41) is 6.37. The summed E-state index contributed by atoms with van der Waals surface area (Å²) < 4.78 is 18.8. The molecule has 2 rings (SSSR count). The van der Waals surface area contributed by atoms with Crippen LogP contribution in [0, 0.1) is 5.82 Å². The number of nitrogens with two attached hydrogens (primary N) is 1. The van der Waals surface area contributed by atoms with E-state index >= 15 is 0 Å². The first-order chi connectivity index (χ1) is 9.60. The van der Waals surface area contributed by atoms with Gasteiger partial charge in [0.25, 0.3) is 0 Å². The highest BCUT2D eigenvalue weighted by atomic mass is 35.5. The molecule has 0 aliphatic rings. The van der Waals surface area contributed by atoms with Gasteiger partial charge in [-0.1, -0.05) is 11.6 Å². The molecule has 8 heteroatoms. The number of benzene rings is 1. The third kappa shape index (κ3) is 3.58. The Balaban J connectivity index is 2.09. The van der Waals surface area contributed by atoms with Crippen LogP contribution in [0.5, 0.6) is 5.75 Å². The Bertz CT molecular complexity index is 609. The quantitative estimate of drug-likeness (QED) is 0.655. The summed E-state index contributed by atoms with van der Waals surface area (Å²) in [7, 11) is 0. The predicted octanol–water partition coefficient (Wildman–Crippen LogP) is 3.36. The van der Waals surface area contributed by atoms with E-state index in [0.717, 1.165) is 0 Å². The predicted molar refractivity (Wildman–Crippen MR) is 80.3 cm³/mol. The second kappa shape index (κ2) is 6.53. The number of rotatable bonds is 5. The maximum Gasteiger partial charge on any atom is 0.205 e. The van der Waals surface area contributed by atoms with Gasteiger partial charge in [-0.25, -0.2) is 9.37 Å². The van der Waals surface area contributed by atoms with Crippen molar-refractivity contribution in [2.45, 2.75) is 6.92 Å². The van der Waals surface area contributed by atoms with Crippen LogP contribution in [0.1, 0.15) is 12.5 Å². The summed E-state index contributed by atoms with van der Waals surface area (Å²) in [5.74, 6) is -0.0610. The zero-order valence-electron chi connectivity index (χ0n) is 10.6. The van der Waals surface area contributed by atoms with E-state index in [1.165, 1.54) is 23.6 Å². The number of anilines is 2. The van der Waals surface area contributed by atoms with Gasteiger partial charge in [0.15, 0.2) is 11.6 Å². The fourth-order valence-electron chi connectivity index (χ4n) is 1.44. The lowest BCUT2D eigenvalue weighted by molar-refractivity contribution is 0.322. The first kappa shape index (κ1) is 14.5. The molecule has 0 saturated heterocycles. The molecule has 1 heterocycles. The third-order valence-corrected chi connectivity index (χ3v) is 3.25. The maximum atomic E-state index is 13.7. The Labute approximate surface area is 124 Å². The minimum Gasteiger partial charge on any atom is -0.489 e. The van der Waals surface area contributed by atoms with E-state index in [9.17, 15) is 4.39 Å². The Kier molecular flexibility index (Phi) is 4.75. The highest BCUT2D eigenvalue weighted by molar-refractivity contribution is 7.14. The van der Waals surface area contributed by atoms with Gasteiger partial charge < -0.3 is 10.5 Å². The van der Waals surface area contributed by atoms with E-state index < -0.39 is 5.82 Å². The van der Waals surface area contributed by atoms with Crippen molar-refractivity contribution in [3.63, 3.8) is 0 Å². The van der Waals surface area contributed by atoms with Gasteiger partial charge in [-0.3, -0.25) is 5.43 Å². The molecule has 0 bridgehead atoms. The van der Waals surface area contributed by atoms with E-state index in [4.69, 9.17) is 22.1 Å². The van der Waals surface area contributed by atoms with Gasteiger partial charge in [0.2, 0.25) is 5.13 Å². The average Bonchev–Trinajstić information content (AvgIpc) is 2.80. The Morgan fingerprint density at radius 2 is 2.40 bits per heavy atom. The van der Waals surface area contributed by atoms with Gasteiger partial charge in [0.1, 0.15) is 5.82 Å². The van der Waals surface area contributed by atoms with Crippen LogP contribution in [0.25, 0.3) is 0 Å². The van der Waals surface area contributed by atoms with Crippen LogP contribution in [0.3, 0.4) is 0 Å². The summed E-state index contributed by atoms with van der Waals surface area (Å²) >= 11 is 7.26. The molecule has 1 aromatic heterocycles. The number of ether oxygens (including phenoxy) is 1. The number of nitrogen functional groups attached to an aromatic ring is 1. The average molecular weight is 315 g/mol. The minimum atomic E-state index is -0.528. The number of aromatic nitrogens is 1. The van der Waals surface area contributed by atoms with Crippen molar-refractivity contribution < 1.29 is 9.13 Å². The molecule has 0 amide bonds. The first-order valence-corrected chi connectivity index (χ1v) is 6.98. The standard InChI is InChI=1S/C12H12ClFN4OS/c1-2-19-11-8(13)3-7(4-9(11)14)5-16-18-12-17-10(15)6-20-12/h3-6H,2,15H2,1H3,(H,17,18). The minimum absolute atomic E-state index is 0.0481. The second-order valence-electron chi connectivity index (χ2n) is 3.69. The molecule has 0 unspecified atom stereocenters. The van der Waals surface area contributed by atoms with Crippen LogP contribution in [-0.4, -0.2) is 17.8 Å². The summed E-state index contributed by atoms with van der Waals surface area (Å²) in [6.07, 6.45) is 1.43. The number of hydrogen-bond donors (Lipinski definition) is 2. The molecule has 0 saturated carbocycles. The highest BCUT2D eigenvalue weighted by Gasteiger charge is 2.09. The van der Waals surface area contributed by atoms with Gasteiger partial charge in [-0.05, 0) is 24.6 Å². The summed E-state index contributed by atoms with van der Waals surface area (Å²) in [5.41, 5.74) is 8.67. The lowest BCUT2D eigenvalue weighted by atomic mass is 10.2. The van der Waals surface area contributed by atoms with E-state index in [2.05, 4.69) is 15.5 Å². The zero-order chi connectivity index (χ0) is 14.5. The molecule has 1 aromatic carbocycles. The van der Waals surface area contributed by atoms with Crippen molar-refractivity contribution in [2.24, 2.45) is 5.10 Å². The van der Waals surface area contributed by atoms with Crippen molar-refractivity contribution in [3.05, 3.63) is 33.9 Å². The lowest BCUT2D eigenvalue weighted by Crippen LogP contribution is -1.97. The summed E-state index contributed by atoms with van der Waals surface area (Å²) in [6.45, 7) is 2.10. The lowest BCUT2D eigenvalue weighted by Gasteiger charge is -2.07. The number of thiazole rings is 1. The van der Waals surface area contributed by atoms with Crippen molar-refractivity contribution in [1.82, 2.24) is 4.98 Å². The molecular formula is C12H12ClFN4OS. The van der Waals surface area contributed by atoms with Gasteiger partial charge in [0.05, 0.1) is 17.8 Å². The van der Waals surface area contributed by atoms with Gasteiger partial charge in [-0.2, -0.15) is 5.10 Å². The van der Waals surface area contributed by atoms with Crippen molar-refractivity contribution >= 4 is 40.1 Å². The maximum absolute atomic E-state index is 13.7.